The van der Waals surface area contributed by atoms with Crippen LogP contribution in [-0.2, 0) is 4.74 Å². The van der Waals surface area contributed by atoms with Crippen molar-refractivity contribution in [3.8, 4) is 11.4 Å². The molecule has 3 atom stereocenters. The highest BCUT2D eigenvalue weighted by Gasteiger charge is 2.33. The molecule has 5 rings (SSSR count). The maximum Gasteiger partial charge on any atom is 0.194 e. The van der Waals surface area contributed by atoms with Crippen molar-refractivity contribution in [2.24, 2.45) is 5.92 Å². The molecule has 2 aliphatic heterocycles. The number of aryl methyl sites for hydroxylation is 2. The van der Waals surface area contributed by atoms with E-state index in [2.05, 4.69) is 20.3 Å². The first-order chi connectivity index (χ1) is 15.0. The fourth-order valence-corrected chi connectivity index (χ4v) is 5.63. The standard InChI is InChI=1S/C22H28FN5O2S/c1-13-5-14(2)20(18(29)6-13)28-11-19-21(26-28)25-22(31-19)24-8-15-7-16(23)10-27(9-15)17-3-4-30-12-17/h5-6,11,15-17,29H,3-4,7-10,12H2,1-2H3,(H,24,25,26)/t15-,16+,17?/m0/s1. The highest BCUT2D eigenvalue weighted by atomic mass is 32.1. The number of hydrogen-bond acceptors (Lipinski definition) is 7. The van der Waals surface area contributed by atoms with E-state index in [-0.39, 0.29) is 11.7 Å². The number of nitrogens with zero attached hydrogens (tertiary/aromatic N) is 4. The van der Waals surface area contributed by atoms with Gasteiger partial charge >= 0.3 is 0 Å². The van der Waals surface area contributed by atoms with Crippen LogP contribution in [0.4, 0.5) is 9.52 Å². The predicted molar refractivity (Wildman–Crippen MR) is 120 cm³/mol. The third kappa shape index (κ3) is 4.26. The number of phenols is 1. The van der Waals surface area contributed by atoms with E-state index in [9.17, 15) is 9.50 Å². The Balaban J connectivity index is 1.26. The summed E-state index contributed by atoms with van der Waals surface area (Å²) in [6, 6.07) is 4.11. The molecule has 4 heterocycles. The molecule has 0 aliphatic carbocycles. The van der Waals surface area contributed by atoms with E-state index < -0.39 is 6.17 Å². The van der Waals surface area contributed by atoms with Gasteiger partial charge in [0.15, 0.2) is 10.8 Å². The monoisotopic (exact) mass is 445 g/mol. The lowest BCUT2D eigenvalue weighted by Gasteiger charge is -2.37. The minimum atomic E-state index is -0.787. The molecule has 31 heavy (non-hydrogen) atoms. The van der Waals surface area contributed by atoms with Gasteiger partial charge in [-0.05, 0) is 49.8 Å². The summed E-state index contributed by atoms with van der Waals surface area (Å²) in [5.41, 5.74) is 3.29. The number of benzene rings is 1. The van der Waals surface area contributed by atoms with Gasteiger partial charge in [0.25, 0.3) is 0 Å². The topological polar surface area (TPSA) is 75.4 Å². The average Bonchev–Trinajstić information content (AvgIpc) is 3.42. The maximum absolute atomic E-state index is 14.3. The molecule has 166 valence electrons. The van der Waals surface area contributed by atoms with Crippen LogP contribution in [0.1, 0.15) is 24.0 Å². The van der Waals surface area contributed by atoms with E-state index in [1.807, 2.05) is 26.1 Å². The Bertz CT molecular complexity index is 1020. The van der Waals surface area contributed by atoms with Crippen molar-refractivity contribution in [3.63, 3.8) is 0 Å². The number of thiazole rings is 1. The third-order valence-corrected chi connectivity index (χ3v) is 7.15. The number of hydrogen-bond donors (Lipinski definition) is 2. The number of alkyl halides is 1. The molecule has 9 heteroatoms. The molecule has 0 amide bonds. The number of halogens is 1. The van der Waals surface area contributed by atoms with Crippen LogP contribution in [0.3, 0.4) is 0 Å². The largest absolute Gasteiger partial charge is 0.506 e. The van der Waals surface area contributed by atoms with Crippen LogP contribution >= 0.6 is 11.3 Å². The van der Waals surface area contributed by atoms with Crippen molar-refractivity contribution in [1.82, 2.24) is 19.7 Å². The van der Waals surface area contributed by atoms with Crippen LogP contribution in [0.5, 0.6) is 5.75 Å². The second-order valence-corrected chi connectivity index (χ2v) is 9.81. The highest BCUT2D eigenvalue weighted by Crippen LogP contribution is 2.31. The molecule has 0 saturated carbocycles. The summed E-state index contributed by atoms with van der Waals surface area (Å²) in [5, 5.41) is 19.1. The van der Waals surface area contributed by atoms with E-state index in [4.69, 9.17) is 4.74 Å². The summed E-state index contributed by atoms with van der Waals surface area (Å²) in [6.45, 7) is 7.52. The van der Waals surface area contributed by atoms with Crippen molar-refractivity contribution in [3.05, 3.63) is 29.5 Å². The Morgan fingerprint density at radius 2 is 2.19 bits per heavy atom. The number of fused-ring (bicyclic) bond motifs is 1. The van der Waals surface area contributed by atoms with Gasteiger partial charge < -0.3 is 15.2 Å². The predicted octanol–water partition coefficient (Wildman–Crippen LogP) is 3.67. The van der Waals surface area contributed by atoms with Gasteiger partial charge in [0.1, 0.15) is 17.6 Å². The van der Waals surface area contributed by atoms with Gasteiger partial charge in [0.05, 0.1) is 17.5 Å². The van der Waals surface area contributed by atoms with Gasteiger partial charge in [0, 0.05) is 32.3 Å². The molecule has 2 aromatic heterocycles. The SMILES string of the molecule is Cc1cc(C)c(-n2cc3sc(NC[C@@H]4C[C@@H](F)CN(C5CCOC5)C4)nc3n2)c(O)c1. The maximum atomic E-state index is 14.3. The second-order valence-electron chi connectivity index (χ2n) is 8.78. The average molecular weight is 446 g/mol. The number of piperidine rings is 1. The molecule has 0 spiro atoms. The summed E-state index contributed by atoms with van der Waals surface area (Å²) >= 11 is 1.53. The molecule has 2 N–H and O–H groups in total. The normalized spacial score (nSPS) is 24.8. The van der Waals surface area contributed by atoms with Gasteiger partial charge in [0.2, 0.25) is 0 Å². The second kappa shape index (κ2) is 8.37. The Kier molecular flexibility index (Phi) is 5.58. The van der Waals surface area contributed by atoms with Gasteiger partial charge in [-0.3, -0.25) is 4.90 Å². The zero-order chi connectivity index (χ0) is 21.5. The van der Waals surface area contributed by atoms with Crippen molar-refractivity contribution in [2.75, 3.05) is 38.2 Å². The minimum absolute atomic E-state index is 0.210. The number of aromatic hydroxyl groups is 1. The number of ether oxygens (including phenoxy) is 1. The van der Waals surface area contributed by atoms with E-state index in [1.54, 1.807) is 10.7 Å². The van der Waals surface area contributed by atoms with Crippen molar-refractivity contribution >= 4 is 26.8 Å². The summed E-state index contributed by atoms with van der Waals surface area (Å²) in [6.07, 6.45) is 2.69. The number of anilines is 1. The van der Waals surface area contributed by atoms with E-state index >= 15 is 0 Å². The number of aromatic nitrogens is 3. The van der Waals surface area contributed by atoms with Crippen molar-refractivity contribution in [2.45, 2.75) is 38.9 Å². The molecule has 7 nitrogen and oxygen atoms in total. The summed E-state index contributed by atoms with van der Waals surface area (Å²) < 4.78 is 22.4. The third-order valence-electron chi connectivity index (χ3n) is 6.21. The summed E-state index contributed by atoms with van der Waals surface area (Å²) in [4.78, 5) is 6.86. The highest BCUT2D eigenvalue weighted by molar-refractivity contribution is 7.22. The first-order valence-corrected chi connectivity index (χ1v) is 11.6. The van der Waals surface area contributed by atoms with Gasteiger partial charge in [-0.1, -0.05) is 17.4 Å². The molecule has 0 bridgehead atoms. The molecule has 1 aromatic carbocycles. The van der Waals surface area contributed by atoms with Crippen LogP contribution in [0.2, 0.25) is 0 Å². The molecule has 2 aliphatic rings. The summed E-state index contributed by atoms with van der Waals surface area (Å²) in [7, 11) is 0. The van der Waals surface area contributed by atoms with E-state index in [0.717, 1.165) is 47.1 Å². The fourth-order valence-electron chi connectivity index (χ4n) is 4.81. The molecule has 2 saturated heterocycles. The van der Waals surface area contributed by atoms with Gasteiger partial charge in [-0.15, -0.1) is 5.10 Å². The zero-order valence-corrected chi connectivity index (χ0v) is 18.7. The Morgan fingerprint density at radius 3 is 2.94 bits per heavy atom. The molecule has 0 radical (unpaired) electrons. The van der Waals surface area contributed by atoms with Crippen LogP contribution in [0.15, 0.2) is 18.3 Å². The molecular formula is C22H28FN5O2S. The quantitative estimate of drug-likeness (QED) is 0.624. The van der Waals surface area contributed by atoms with E-state index in [1.165, 1.54) is 11.3 Å². The van der Waals surface area contributed by atoms with Crippen molar-refractivity contribution in [1.29, 1.82) is 0 Å². The van der Waals surface area contributed by atoms with Gasteiger partial charge in [-0.25, -0.2) is 9.07 Å². The summed E-state index contributed by atoms with van der Waals surface area (Å²) in [5.74, 6) is 0.453. The zero-order valence-electron chi connectivity index (χ0n) is 17.8. The lowest BCUT2D eigenvalue weighted by atomic mass is 9.95. The molecule has 2 fully saturated rings. The first-order valence-electron chi connectivity index (χ1n) is 10.8. The Morgan fingerprint density at radius 1 is 1.32 bits per heavy atom. The number of nitrogens with one attached hydrogen (secondary N) is 1. The lowest BCUT2D eigenvalue weighted by Crippen LogP contribution is -2.48. The van der Waals surface area contributed by atoms with Gasteiger partial charge in [-0.2, -0.15) is 4.98 Å². The molecule has 3 aromatic rings. The molecular weight excluding hydrogens is 417 g/mol. The van der Waals surface area contributed by atoms with Crippen LogP contribution in [0.25, 0.3) is 16.0 Å². The van der Waals surface area contributed by atoms with Crippen LogP contribution < -0.4 is 5.32 Å². The van der Waals surface area contributed by atoms with Crippen LogP contribution in [0, 0.1) is 19.8 Å². The van der Waals surface area contributed by atoms with Crippen molar-refractivity contribution < 1.29 is 14.2 Å². The minimum Gasteiger partial charge on any atom is -0.506 e. The molecule has 1 unspecified atom stereocenters. The number of rotatable bonds is 5. The Labute approximate surface area is 184 Å². The number of likely N-dealkylation sites (tertiary alicyclic amines) is 1. The smallest absolute Gasteiger partial charge is 0.194 e. The lowest BCUT2D eigenvalue weighted by molar-refractivity contribution is 0.0591. The fraction of sp³-hybridized carbons (Fsp3) is 0.545. The first kappa shape index (κ1) is 20.7. The Hall–Kier alpha value is -2.23. The van der Waals surface area contributed by atoms with E-state index in [0.29, 0.717) is 36.9 Å². The van der Waals surface area contributed by atoms with Crippen LogP contribution in [-0.4, -0.2) is 69.8 Å². The number of phenolic OH excluding ortho intramolecular Hbond substituents is 1.